The molecule has 3 nitrogen and oxygen atoms in total. The molecule has 0 radical (unpaired) electrons. The van der Waals surface area contributed by atoms with Gasteiger partial charge in [-0.3, -0.25) is 4.79 Å². The Morgan fingerprint density at radius 1 is 0.938 bits per heavy atom. The molecule has 0 amide bonds. The largest absolute Gasteiger partial charge is 0.299 e. The van der Waals surface area contributed by atoms with E-state index in [0.717, 1.165) is 23.0 Å². The van der Waals surface area contributed by atoms with Gasteiger partial charge >= 0.3 is 0 Å². The van der Waals surface area contributed by atoms with Crippen LogP contribution in [0.25, 0.3) is 17.2 Å². The number of benzene rings is 1. The summed E-state index contributed by atoms with van der Waals surface area (Å²) in [6.45, 7) is 0. The summed E-state index contributed by atoms with van der Waals surface area (Å²) in [6.07, 6.45) is 9.04. The third-order valence-electron chi connectivity index (χ3n) is 2.17. The van der Waals surface area contributed by atoms with Gasteiger partial charge in [-0.05, 0) is 17.2 Å². The number of hydrogen-bond donors (Lipinski definition) is 0. The molecule has 1 aromatic carbocycles. The molecule has 78 valence electrons. The second-order valence-electron chi connectivity index (χ2n) is 3.24. The SMILES string of the molecule is O=C/C=C/c1ccc(-c2cncnc2)cc1. The van der Waals surface area contributed by atoms with Crippen LogP contribution in [0.2, 0.25) is 0 Å². The summed E-state index contributed by atoms with van der Waals surface area (Å²) in [5, 5.41) is 0. The highest BCUT2D eigenvalue weighted by atomic mass is 16.1. The van der Waals surface area contributed by atoms with Gasteiger partial charge in [0.2, 0.25) is 0 Å². The lowest BCUT2D eigenvalue weighted by atomic mass is 10.1. The maximum absolute atomic E-state index is 10.2. The second-order valence-corrected chi connectivity index (χ2v) is 3.24. The van der Waals surface area contributed by atoms with Crippen LogP contribution in [0.1, 0.15) is 5.56 Å². The molecular formula is C13H10N2O. The molecule has 0 aliphatic rings. The van der Waals surface area contributed by atoms with Crippen LogP contribution < -0.4 is 0 Å². The molecule has 0 spiro atoms. The van der Waals surface area contributed by atoms with Gasteiger partial charge in [0, 0.05) is 18.0 Å². The van der Waals surface area contributed by atoms with Crippen LogP contribution in [0.3, 0.4) is 0 Å². The second kappa shape index (κ2) is 4.98. The van der Waals surface area contributed by atoms with Crippen molar-refractivity contribution in [3.05, 3.63) is 54.6 Å². The van der Waals surface area contributed by atoms with Gasteiger partial charge in [-0.1, -0.05) is 30.3 Å². The van der Waals surface area contributed by atoms with Crippen LogP contribution in [0.5, 0.6) is 0 Å². The Morgan fingerprint density at radius 2 is 1.62 bits per heavy atom. The van der Waals surface area contributed by atoms with Gasteiger partial charge < -0.3 is 0 Å². The first-order valence-electron chi connectivity index (χ1n) is 4.87. The summed E-state index contributed by atoms with van der Waals surface area (Å²) in [7, 11) is 0. The maximum atomic E-state index is 10.2. The minimum Gasteiger partial charge on any atom is -0.299 e. The molecule has 1 heterocycles. The number of allylic oxidation sites excluding steroid dienone is 1. The lowest BCUT2D eigenvalue weighted by Crippen LogP contribution is -1.82. The summed E-state index contributed by atoms with van der Waals surface area (Å²) in [6, 6.07) is 7.84. The predicted molar refractivity (Wildman–Crippen MR) is 62.6 cm³/mol. The molecular weight excluding hydrogens is 200 g/mol. The fourth-order valence-corrected chi connectivity index (χ4v) is 1.39. The first-order valence-corrected chi connectivity index (χ1v) is 4.87. The topological polar surface area (TPSA) is 42.9 Å². The van der Waals surface area contributed by atoms with Crippen molar-refractivity contribution in [2.45, 2.75) is 0 Å². The smallest absolute Gasteiger partial charge is 0.142 e. The summed E-state index contributed by atoms with van der Waals surface area (Å²) < 4.78 is 0. The molecule has 0 fully saturated rings. The third-order valence-corrected chi connectivity index (χ3v) is 2.17. The lowest BCUT2D eigenvalue weighted by molar-refractivity contribution is -0.104. The first kappa shape index (κ1) is 10.2. The summed E-state index contributed by atoms with van der Waals surface area (Å²) in [4.78, 5) is 18.1. The molecule has 0 unspecified atom stereocenters. The van der Waals surface area contributed by atoms with E-state index in [0.29, 0.717) is 0 Å². The molecule has 0 atom stereocenters. The molecule has 16 heavy (non-hydrogen) atoms. The van der Waals surface area contributed by atoms with Crippen molar-refractivity contribution in [1.29, 1.82) is 0 Å². The van der Waals surface area contributed by atoms with E-state index in [1.54, 1.807) is 18.5 Å². The Bertz CT molecular complexity index is 489. The fraction of sp³-hybridized carbons (Fsp3) is 0. The standard InChI is InChI=1S/C13H10N2O/c16-7-1-2-11-3-5-12(6-4-11)13-8-14-10-15-9-13/h1-10H/b2-1+. The third kappa shape index (κ3) is 2.39. The minimum absolute atomic E-state index is 0.763. The Labute approximate surface area is 93.5 Å². The van der Waals surface area contributed by atoms with Crippen molar-refractivity contribution >= 4 is 12.4 Å². The number of nitrogens with zero attached hydrogens (tertiary/aromatic N) is 2. The molecule has 2 aromatic rings. The van der Waals surface area contributed by atoms with Gasteiger partial charge in [0.05, 0.1) is 0 Å². The van der Waals surface area contributed by atoms with Gasteiger partial charge in [-0.2, -0.15) is 0 Å². The minimum atomic E-state index is 0.763. The number of carbonyl (C=O) groups excluding carboxylic acids is 1. The molecule has 2 rings (SSSR count). The number of rotatable bonds is 3. The van der Waals surface area contributed by atoms with E-state index < -0.39 is 0 Å². The Hall–Kier alpha value is -2.29. The van der Waals surface area contributed by atoms with Crippen LogP contribution >= 0.6 is 0 Å². The number of carbonyl (C=O) groups is 1. The van der Waals surface area contributed by atoms with Crippen molar-refractivity contribution in [2.75, 3.05) is 0 Å². The van der Waals surface area contributed by atoms with Crippen molar-refractivity contribution < 1.29 is 4.79 Å². The van der Waals surface area contributed by atoms with Gasteiger partial charge in [0.25, 0.3) is 0 Å². The van der Waals surface area contributed by atoms with E-state index in [2.05, 4.69) is 9.97 Å². The maximum Gasteiger partial charge on any atom is 0.142 e. The molecule has 0 bridgehead atoms. The number of hydrogen-bond acceptors (Lipinski definition) is 3. The zero-order valence-corrected chi connectivity index (χ0v) is 8.58. The van der Waals surface area contributed by atoms with E-state index in [1.807, 2.05) is 24.3 Å². The van der Waals surface area contributed by atoms with Crippen molar-refractivity contribution in [3.63, 3.8) is 0 Å². The Kier molecular flexibility index (Phi) is 3.18. The molecule has 1 aromatic heterocycles. The van der Waals surface area contributed by atoms with Gasteiger partial charge in [-0.15, -0.1) is 0 Å². The summed E-state index contributed by atoms with van der Waals surface area (Å²) >= 11 is 0. The fourth-order valence-electron chi connectivity index (χ4n) is 1.39. The van der Waals surface area contributed by atoms with Crippen LogP contribution in [-0.2, 0) is 4.79 Å². The number of aldehydes is 1. The van der Waals surface area contributed by atoms with E-state index in [4.69, 9.17) is 0 Å². The first-order chi connectivity index (χ1) is 7.90. The van der Waals surface area contributed by atoms with Crippen molar-refractivity contribution in [2.24, 2.45) is 0 Å². The zero-order valence-electron chi connectivity index (χ0n) is 8.58. The Balaban J connectivity index is 2.26. The van der Waals surface area contributed by atoms with Gasteiger partial charge in [0.1, 0.15) is 12.6 Å². The monoisotopic (exact) mass is 210 g/mol. The van der Waals surface area contributed by atoms with Crippen molar-refractivity contribution in [1.82, 2.24) is 9.97 Å². The van der Waals surface area contributed by atoms with Crippen LogP contribution in [-0.4, -0.2) is 16.3 Å². The average molecular weight is 210 g/mol. The number of aromatic nitrogens is 2. The van der Waals surface area contributed by atoms with Gasteiger partial charge in [0.15, 0.2) is 0 Å². The van der Waals surface area contributed by atoms with Crippen LogP contribution in [0.15, 0.2) is 49.1 Å². The normalized spacial score (nSPS) is 10.5. The van der Waals surface area contributed by atoms with E-state index >= 15 is 0 Å². The van der Waals surface area contributed by atoms with Gasteiger partial charge in [-0.25, -0.2) is 9.97 Å². The Morgan fingerprint density at radius 3 is 2.25 bits per heavy atom. The lowest BCUT2D eigenvalue weighted by Gasteiger charge is -2.00. The molecule has 0 saturated heterocycles. The highest BCUT2D eigenvalue weighted by Crippen LogP contribution is 2.17. The molecule has 0 N–H and O–H groups in total. The van der Waals surface area contributed by atoms with Crippen LogP contribution in [0, 0.1) is 0 Å². The quantitative estimate of drug-likeness (QED) is 0.577. The van der Waals surface area contributed by atoms with Crippen molar-refractivity contribution in [3.8, 4) is 11.1 Å². The highest BCUT2D eigenvalue weighted by Gasteiger charge is 1.96. The van der Waals surface area contributed by atoms with E-state index in [9.17, 15) is 4.79 Å². The van der Waals surface area contributed by atoms with Crippen LogP contribution in [0.4, 0.5) is 0 Å². The molecule has 3 heteroatoms. The predicted octanol–water partition coefficient (Wildman–Crippen LogP) is 2.36. The molecule has 0 aliphatic carbocycles. The molecule has 0 aliphatic heterocycles. The molecule has 0 saturated carbocycles. The summed E-state index contributed by atoms with van der Waals surface area (Å²) in [5.74, 6) is 0. The highest BCUT2D eigenvalue weighted by molar-refractivity contribution is 5.74. The summed E-state index contributed by atoms with van der Waals surface area (Å²) in [5.41, 5.74) is 3.03. The van der Waals surface area contributed by atoms with E-state index in [-0.39, 0.29) is 0 Å². The zero-order chi connectivity index (χ0) is 11.2. The van der Waals surface area contributed by atoms with E-state index in [1.165, 1.54) is 12.4 Å². The average Bonchev–Trinajstić information content (AvgIpc) is 2.38.